The summed E-state index contributed by atoms with van der Waals surface area (Å²) in [7, 11) is 0. The molecule has 2 heterocycles. The standard InChI is InChI=1S/C18H14ClN3O3S/c19-12-2-4-13(5-3-12)20-17(23)22-18-21-14(10-26-18)11-1-6-15-16(9-11)25-8-7-24-15/h1-6,9-10H,7-8H2,(H2,20,21,22,23). The average molecular weight is 388 g/mol. The summed E-state index contributed by atoms with van der Waals surface area (Å²) in [4.78, 5) is 16.5. The van der Waals surface area contributed by atoms with E-state index in [1.807, 2.05) is 23.6 Å². The van der Waals surface area contributed by atoms with Gasteiger partial charge < -0.3 is 14.8 Å². The number of nitrogens with one attached hydrogen (secondary N) is 2. The van der Waals surface area contributed by atoms with Gasteiger partial charge in [-0.25, -0.2) is 9.78 Å². The predicted octanol–water partition coefficient (Wildman–Crippen LogP) is 4.88. The fraction of sp³-hybridized carbons (Fsp3) is 0.111. The first-order valence-electron chi connectivity index (χ1n) is 7.86. The number of halogens is 1. The number of rotatable bonds is 3. The molecule has 0 saturated carbocycles. The number of hydrogen-bond acceptors (Lipinski definition) is 5. The van der Waals surface area contributed by atoms with E-state index < -0.39 is 0 Å². The number of thiazole rings is 1. The second kappa shape index (κ2) is 7.23. The Morgan fingerprint density at radius 3 is 2.62 bits per heavy atom. The maximum absolute atomic E-state index is 12.1. The molecule has 132 valence electrons. The second-order valence-corrected chi connectivity index (χ2v) is 6.78. The van der Waals surface area contributed by atoms with Crippen molar-refractivity contribution in [3.8, 4) is 22.8 Å². The molecule has 2 amide bonds. The molecular weight excluding hydrogens is 374 g/mol. The Balaban J connectivity index is 1.44. The van der Waals surface area contributed by atoms with Crippen molar-refractivity contribution in [3.63, 3.8) is 0 Å². The molecule has 2 N–H and O–H groups in total. The lowest BCUT2D eigenvalue weighted by Gasteiger charge is -2.18. The van der Waals surface area contributed by atoms with Crippen molar-refractivity contribution in [2.75, 3.05) is 23.8 Å². The molecule has 0 unspecified atom stereocenters. The number of urea groups is 1. The molecule has 0 bridgehead atoms. The number of ether oxygens (including phenoxy) is 2. The predicted molar refractivity (Wildman–Crippen MR) is 103 cm³/mol. The number of fused-ring (bicyclic) bond motifs is 1. The Kier molecular flexibility index (Phi) is 4.64. The molecule has 0 spiro atoms. The van der Waals surface area contributed by atoms with Crippen molar-refractivity contribution in [2.24, 2.45) is 0 Å². The number of carbonyl (C=O) groups is 1. The molecule has 26 heavy (non-hydrogen) atoms. The van der Waals surface area contributed by atoms with Crippen LogP contribution in [0.15, 0.2) is 47.8 Å². The van der Waals surface area contributed by atoms with E-state index in [9.17, 15) is 4.79 Å². The summed E-state index contributed by atoms with van der Waals surface area (Å²) in [5, 5.41) is 8.45. The van der Waals surface area contributed by atoms with Crippen molar-refractivity contribution < 1.29 is 14.3 Å². The summed E-state index contributed by atoms with van der Waals surface area (Å²) < 4.78 is 11.1. The van der Waals surface area contributed by atoms with E-state index in [0.717, 1.165) is 17.0 Å². The Hall–Kier alpha value is -2.77. The molecule has 1 aromatic heterocycles. The number of nitrogens with zero attached hydrogens (tertiary/aromatic N) is 1. The molecule has 8 heteroatoms. The van der Waals surface area contributed by atoms with Gasteiger partial charge in [-0.2, -0.15) is 0 Å². The van der Waals surface area contributed by atoms with E-state index in [1.54, 1.807) is 24.3 Å². The van der Waals surface area contributed by atoms with Crippen molar-refractivity contribution in [2.45, 2.75) is 0 Å². The van der Waals surface area contributed by atoms with Crippen LogP contribution in [-0.2, 0) is 0 Å². The zero-order valence-electron chi connectivity index (χ0n) is 13.5. The number of amides is 2. The molecule has 0 atom stereocenters. The van der Waals surface area contributed by atoms with E-state index in [1.165, 1.54) is 11.3 Å². The van der Waals surface area contributed by atoms with Crippen LogP contribution in [0.3, 0.4) is 0 Å². The lowest BCUT2D eigenvalue weighted by atomic mass is 10.1. The molecule has 0 fully saturated rings. The molecule has 2 aromatic carbocycles. The minimum atomic E-state index is -0.365. The summed E-state index contributed by atoms with van der Waals surface area (Å²) in [5.41, 5.74) is 2.31. The summed E-state index contributed by atoms with van der Waals surface area (Å²) >= 11 is 7.18. The van der Waals surface area contributed by atoms with Crippen LogP contribution in [0.25, 0.3) is 11.3 Å². The zero-order valence-corrected chi connectivity index (χ0v) is 15.1. The maximum atomic E-state index is 12.1. The zero-order chi connectivity index (χ0) is 17.9. The highest BCUT2D eigenvalue weighted by atomic mass is 35.5. The number of carbonyl (C=O) groups excluding carboxylic acids is 1. The van der Waals surface area contributed by atoms with Gasteiger partial charge in [-0.1, -0.05) is 11.6 Å². The topological polar surface area (TPSA) is 72.5 Å². The van der Waals surface area contributed by atoms with Crippen LogP contribution in [0.4, 0.5) is 15.6 Å². The van der Waals surface area contributed by atoms with Gasteiger partial charge in [-0.05, 0) is 42.5 Å². The van der Waals surface area contributed by atoms with Crippen LogP contribution in [-0.4, -0.2) is 24.2 Å². The van der Waals surface area contributed by atoms with E-state index in [2.05, 4.69) is 15.6 Å². The highest BCUT2D eigenvalue weighted by Crippen LogP contribution is 2.35. The first-order valence-corrected chi connectivity index (χ1v) is 9.12. The van der Waals surface area contributed by atoms with Gasteiger partial charge in [-0.15, -0.1) is 11.3 Å². The summed E-state index contributed by atoms with van der Waals surface area (Å²) in [6, 6.07) is 12.2. The molecule has 0 radical (unpaired) electrons. The minimum Gasteiger partial charge on any atom is -0.486 e. The van der Waals surface area contributed by atoms with Crippen LogP contribution in [0.2, 0.25) is 5.02 Å². The molecule has 3 aromatic rings. The smallest absolute Gasteiger partial charge is 0.325 e. The van der Waals surface area contributed by atoms with Crippen molar-refractivity contribution >= 4 is 39.8 Å². The van der Waals surface area contributed by atoms with Crippen molar-refractivity contribution in [1.82, 2.24) is 4.98 Å². The highest BCUT2D eigenvalue weighted by Gasteiger charge is 2.14. The Morgan fingerprint density at radius 2 is 1.81 bits per heavy atom. The summed E-state index contributed by atoms with van der Waals surface area (Å²) in [6.45, 7) is 1.09. The van der Waals surface area contributed by atoms with Gasteiger partial charge in [0, 0.05) is 21.7 Å². The van der Waals surface area contributed by atoms with Crippen LogP contribution < -0.4 is 20.1 Å². The van der Waals surface area contributed by atoms with Crippen LogP contribution in [0.5, 0.6) is 11.5 Å². The minimum absolute atomic E-state index is 0.365. The van der Waals surface area contributed by atoms with Gasteiger partial charge in [0.25, 0.3) is 0 Å². The summed E-state index contributed by atoms with van der Waals surface area (Å²) in [5.74, 6) is 1.44. The van der Waals surface area contributed by atoms with Gasteiger partial charge in [0.05, 0.1) is 5.69 Å². The van der Waals surface area contributed by atoms with E-state index in [-0.39, 0.29) is 6.03 Å². The average Bonchev–Trinajstić information content (AvgIpc) is 3.11. The third-order valence-electron chi connectivity index (χ3n) is 3.66. The highest BCUT2D eigenvalue weighted by molar-refractivity contribution is 7.14. The lowest BCUT2D eigenvalue weighted by molar-refractivity contribution is 0.171. The molecule has 0 saturated heterocycles. The van der Waals surface area contributed by atoms with Crippen LogP contribution in [0, 0.1) is 0 Å². The molecule has 4 rings (SSSR count). The van der Waals surface area contributed by atoms with Gasteiger partial charge in [0.15, 0.2) is 16.6 Å². The normalized spacial score (nSPS) is 12.5. The second-order valence-electron chi connectivity index (χ2n) is 5.48. The number of hydrogen-bond donors (Lipinski definition) is 2. The van der Waals surface area contributed by atoms with Gasteiger partial charge >= 0.3 is 6.03 Å². The quantitative estimate of drug-likeness (QED) is 0.671. The van der Waals surface area contributed by atoms with Gasteiger partial charge in [0.1, 0.15) is 13.2 Å². The van der Waals surface area contributed by atoms with Crippen molar-refractivity contribution in [1.29, 1.82) is 0 Å². The molecule has 0 aliphatic carbocycles. The van der Waals surface area contributed by atoms with Crippen LogP contribution >= 0.6 is 22.9 Å². The van der Waals surface area contributed by atoms with Crippen molar-refractivity contribution in [3.05, 3.63) is 52.9 Å². The third kappa shape index (κ3) is 3.74. The monoisotopic (exact) mass is 387 g/mol. The Morgan fingerprint density at radius 1 is 1.04 bits per heavy atom. The summed E-state index contributed by atoms with van der Waals surface area (Å²) in [6.07, 6.45) is 0. The lowest BCUT2D eigenvalue weighted by Crippen LogP contribution is -2.19. The van der Waals surface area contributed by atoms with Gasteiger partial charge in [-0.3, -0.25) is 5.32 Å². The Bertz CT molecular complexity index is 943. The molecular formula is C18H14ClN3O3S. The largest absolute Gasteiger partial charge is 0.486 e. The molecule has 1 aliphatic rings. The van der Waals surface area contributed by atoms with Crippen LogP contribution in [0.1, 0.15) is 0 Å². The fourth-order valence-electron chi connectivity index (χ4n) is 2.46. The number of benzene rings is 2. The number of aromatic nitrogens is 1. The van der Waals surface area contributed by atoms with E-state index in [4.69, 9.17) is 21.1 Å². The molecule has 6 nitrogen and oxygen atoms in total. The van der Waals surface area contributed by atoms with E-state index >= 15 is 0 Å². The SMILES string of the molecule is O=C(Nc1ccc(Cl)cc1)Nc1nc(-c2ccc3c(c2)OCCO3)cs1. The first kappa shape index (κ1) is 16.7. The molecule has 1 aliphatic heterocycles. The van der Waals surface area contributed by atoms with Gasteiger partial charge in [0.2, 0.25) is 0 Å². The van der Waals surface area contributed by atoms with E-state index in [0.29, 0.717) is 34.8 Å². The maximum Gasteiger partial charge on any atom is 0.325 e. The number of anilines is 2. The third-order valence-corrected chi connectivity index (χ3v) is 4.67. The Labute approximate surface area is 158 Å². The fourth-order valence-corrected chi connectivity index (χ4v) is 3.30. The first-order chi connectivity index (χ1) is 12.7.